The summed E-state index contributed by atoms with van der Waals surface area (Å²) >= 11 is 0. The van der Waals surface area contributed by atoms with E-state index in [0.717, 1.165) is 19.3 Å². The highest BCUT2D eigenvalue weighted by atomic mass is 19.3. The molecule has 2 aliphatic carbocycles. The van der Waals surface area contributed by atoms with E-state index in [1.807, 2.05) is 18.2 Å². The zero-order valence-corrected chi connectivity index (χ0v) is 12.2. The number of hydrogen-bond acceptors (Lipinski definition) is 3. The Hall–Kier alpha value is -1.78. The van der Waals surface area contributed by atoms with Crippen molar-refractivity contribution in [2.24, 2.45) is 0 Å². The van der Waals surface area contributed by atoms with Gasteiger partial charge in [-0.15, -0.1) is 10.2 Å². The van der Waals surface area contributed by atoms with E-state index >= 15 is 0 Å². The van der Waals surface area contributed by atoms with Crippen LogP contribution in [0.2, 0.25) is 0 Å². The van der Waals surface area contributed by atoms with Crippen LogP contribution >= 0.6 is 0 Å². The summed E-state index contributed by atoms with van der Waals surface area (Å²) in [5.74, 6) is -1.22. The zero-order valence-electron chi connectivity index (χ0n) is 12.2. The Morgan fingerprint density at radius 2 is 1.64 bits per heavy atom. The van der Waals surface area contributed by atoms with Crippen molar-refractivity contribution in [3.8, 4) is 0 Å². The van der Waals surface area contributed by atoms with Gasteiger partial charge in [-0.05, 0) is 24.3 Å². The van der Waals surface area contributed by atoms with Gasteiger partial charge in [0.15, 0.2) is 0 Å². The highest BCUT2D eigenvalue weighted by Gasteiger charge is 2.48. The van der Waals surface area contributed by atoms with Crippen LogP contribution < -0.4 is 0 Å². The number of halogens is 2. The summed E-state index contributed by atoms with van der Waals surface area (Å²) in [4.78, 5) is 0. The van der Waals surface area contributed by atoms with E-state index in [2.05, 4.69) is 22.3 Å². The lowest BCUT2D eigenvalue weighted by Gasteiger charge is -2.32. The number of alkyl halides is 2. The van der Waals surface area contributed by atoms with Gasteiger partial charge < -0.3 is 4.42 Å². The number of benzene rings is 1. The molecular formula is C17H18F2N2O. The molecule has 1 aromatic heterocycles. The Balaban J connectivity index is 1.53. The van der Waals surface area contributed by atoms with Crippen LogP contribution in [0.4, 0.5) is 8.78 Å². The van der Waals surface area contributed by atoms with Crippen LogP contribution in [0.3, 0.4) is 0 Å². The first kappa shape index (κ1) is 13.9. The molecule has 0 amide bonds. The van der Waals surface area contributed by atoms with Gasteiger partial charge >= 0.3 is 0 Å². The van der Waals surface area contributed by atoms with Crippen LogP contribution in [0.5, 0.6) is 0 Å². The van der Waals surface area contributed by atoms with Gasteiger partial charge in [-0.3, -0.25) is 0 Å². The molecule has 2 saturated carbocycles. The Labute approximate surface area is 127 Å². The van der Waals surface area contributed by atoms with Crippen LogP contribution in [0.25, 0.3) is 0 Å². The number of rotatable bonds is 3. The van der Waals surface area contributed by atoms with Crippen LogP contribution in [0.1, 0.15) is 67.2 Å². The third-order valence-electron chi connectivity index (χ3n) is 4.96. The van der Waals surface area contributed by atoms with Gasteiger partial charge in [-0.1, -0.05) is 36.8 Å². The summed E-state index contributed by atoms with van der Waals surface area (Å²) in [7, 11) is 0. The van der Waals surface area contributed by atoms with E-state index in [-0.39, 0.29) is 24.7 Å². The highest BCUT2D eigenvalue weighted by Crippen LogP contribution is 2.49. The third kappa shape index (κ3) is 2.42. The van der Waals surface area contributed by atoms with Crippen molar-refractivity contribution in [2.75, 3.05) is 0 Å². The topological polar surface area (TPSA) is 38.9 Å². The molecule has 2 unspecified atom stereocenters. The summed E-state index contributed by atoms with van der Waals surface area (Å²) in [5.41, 5.74) is 1.29. The average Bonchev–Trinajstić information content (AvgIpc) is 3.14. The van der Waals surface area contributed by atoms with Crippen LogP contribution in [-0.2, 0) is 0 Å². The maximum atomic E-state index is 13.0. The largest absolute Gasteiger partial charge is 0.425 e. The fourth-order valence-electron chi connectivity index (χ4n) is 3.75. The average molecular weight is 304 g/mol. The Kier molecular flexibility index (Phi) is 3.24. The van der Waals surface area contributed by atoms with Crippen molar-refractivity contribution >= 4 is 0 Å². The van der Waals surface area contributed by atoms with Gasteiger partial charge in [0.25, 0.3) is 0 Å². The molecule has 4 rings (SSSR count). The maximum Gasteiger partial charge on any atom is 0.249 e. The van der Waals surface area contributed by atoms with E-state index < -0.39 is 5.92 Å². The van der Waals surface area contributed by atoms with Gasteiger partial charge in [-0.2, -0.15) is 0 Å². The van der Waals surface area contributed by atoms with Gasteiger partial charge in [0.05, 0.1) is 0 Å². The SMILES string of the molecule is FC1(F)CC(c2nnc(C3CCCC3c3ccccc3)o2)C1. The summed E-state index contributed by atoms with van der Waals surface area (Å²) in [6.07, 6.45) is 2.92. The van der Waals surface area contributed by atoms with Crippen LogP contribution in [-0.4, -0.2) is 16.1 Å². The second-order valence-electron chi connectivity index (χ2n) is 6.49. The van der Waals surface area contributed by atoms with Gasteiger partial charge in [0.2, 0.25) is 17.7 Å². The van der Waals surface area contributed by atoms with Crippen molar-refractivity contribution in [3.63, 3.8) is 0 Å². The first-order valence-corrected chi connectivity index (χ1v) is 7.88. The van der Waals surface area contributed by atoms with E-state index in [9.17, 15) is 8.78 Å². The molecule has 3 nitrogen and oxygen atoms in total. The molecule has 1 heterocycles. The quantitative estimate of drug-likeness (QED) is 0.829. The minimum absolute atomic E-state index is 0.165. The van der Waals surface area contributed by atoms with Crippen molar-refractivity contribution in [1.29, 1.82) is 0 Å². The normalized spacial score (nSPS) is 27.7. The van der Waals surface area contributed by atoms with Crippen molar-refractivity contribution in [3.05, 3.63) is 47.7 Å². The zero-order chi connectivity index (χ0) is 15.2. The molecule has 0 spiro atoms. The molecule has 2 fully saturated rings. The molecular weight excluding hydrogens is 286 g/mol. The Morgan fingerprint density at radius 1 is 0.955 bits per heavy atom. The molecule has 0 aliphatic heterocycles. The molecule has 0 N–H and O–H groups in total. The molecule has 2 aromatic rings. The summed E-state index contributed by atoms with van der Waals surface area (Å²) in [6, 6.07) is 10.4. The summed E-state index contributed by atoms with van der Waals surface area (Å²) in [6.45, 7) is 0. The maximum absolute atomic E-state index is 13.0. The standard InChI is InChI=1S/C17H18F2N2O/c18-17(19)9-12(10-17)15-20-21-16(22-15)14-8-4-7-13(14)11-5-2-1-3-6-11/h1-3,5-6,12-14H,4,7-10H2. The molecule has 1 aromatic carbocycles. The minimum atomic E-state index is -2.56. The first-order valence-electron chi connectivity index (χ1n) is 7.88. The molecule has 22 heavy (non-hydrogen) atoms. The molecule has 116 valence electrons. The summed E-state index contributed by atoms with van der Waals surface area (Å²) in [5, 5.41) is 8.19. The lowest BCUT2D eigenvalue weighted by atomic mass is 9.81. The molecule has 0 radical (unpaired) electrons. The fourth-order valence-corrected chi connectivity index (χ4v) is 3.75. The molecule has 5 heteroatoms. The second-order valence-corrected chi connectivity index (χ2v) is 6.49. The third-order valence-corrected chi connectivity index (χ3v) is 4.96. The van der Waals surface area contributed by atoms with Crippen molar-refractivity contribution in [2.45, 2.75) is 55.8 Å². The van der Waals surface area contributed by atoms with Crippen LogP contribution in [0, 0.1) is 0 Å². The predicted octanol–water partition coefficient (Wildman–Crippen LogP) is 4.63. The van der Waals surface area contributed by atoms with E-state index in [1.165, 1.54) is 5.56 Å². The van der Waals surface area contributed by atoms with Gasteiger partial charge in [-0.25, -0.2) is 8.78 Å². The van der Waals surface area contributed by atoms with Crippen molar-refractivity contribution < 1.29 is 13.2 Å². The van der Waals surface area contributed by atoms with Crippen LogP contribution in [0.15, 0.2) is 34.7 Å². The number of nitrogens with zero attached hydrogens (tertiary/aromatic N) is 2. The Bertz CT molecular complexity index is 648. The number of hydrogen-bond donors (Lipinski definition) is 0. The smallest absolute Gasteiger partial charge is 0.249 e. The highest BCUT2D eigenvalue weighted by molar-refractivity contribution is 5.24. The monoisotopic (exact) mass is 304 g/mol. The fraction of sp³-hybridized carbons (Fsp3) is 0.529. The van der Waals surface area contributed by atoms with E-state index in [4.69, 9.17) is 4.42 Å². The van der Waals surface area contributed by atoms with Gasteiger partial charge in [0, 0.05) is 24.7 Å². The van der Waals surface area contributed by atoms with Gasteiger partial charge in [0.1, 0.15) is 0 Å². The van der Waals surface area contributed by atoms with Crippen molar-refractivity contribution in [1.82, 2.24) is 10.2 Å². The second kappa shape index (κ2) is 5.14. The summed E-state index contributed by atoms with van der Waals surface area (Å²) < 4.78 is 31.7. The molecule has 2 aliphatic rings. The lowest BCUT2D eigenvalue weighted by molar-refractivity contribution is -0.0920. The van der Waals surface area contributed by atoms with E-state index in [0.29, 0.717) is 17.7 Å². The molecule has 0 saturated heterocycles. The number of aromatic nitrogens is 2. The minimum Gasteiger partial charge on any atom is -0.425 e. The molecule has 2 atom stereocenters. The first-order chi connectivity index (χ1) is 10.6. The predicted molar refractivity (Wildman–Crippen MR) is 77.0 cm³/mol. The Morgan fingerprint density at radius 3 is 2.36 bits per heavy atom. The lowest BCUT2D eigenvalue weighted by Crippen LogP contribution is -2.33. The van der Waals surface area contributed by atoms with E-state index in [1.54, 1.807) is 0 Å². The molecule has 0 bridgehead atoms.